The molecule has 0 spiro atoms. The van der Waals surface area contributed by atoms with Gasteiger partial charge in [-0.15, -0.1) is 0 Å². The van der Waals surface area contributed by atoms with Crippen molar-refractivity contribution < 1.29 is 14.3 Å². The summed E-state index contributed by atoms with van der Waals surface area (Å²) < 4.78 is 5.38. The van der Waals surface area contributed by atoms with Gasteiger partial charge in [-0.25, -0.2) is 4.79 Å². The molecule has 1 aliphatic rings. The van der Waals surface area contributed by atoms with E-state index < -0.39 is 6.09 Å². The Labute approximate surface area is 135 Å². The van der Waals surface area contributed by atoms with Crippen LogP contribution in [0.4, 0.5) is 4.79 Å². The lowest BCUT2D eigenvalue weighted by molar-refractivity contribution is 0.140. The number of carbonyl (C=O) groups excluding carboxylic acids is 2. The van der Waals surface area contributed by atoms with E-state index in [2.05, 4.69) is 29.6 Å². The second-order valence-corrected chi connectivity index (χ2v) is 5.72. The molecule has 2 aromatic carbocycles. The topological polar surface area (TPSA) is 55.4 Å². The molecule has 0 aromatic heterocycles. The summed E-state index contributed by atoms with van der Waals surface area (Å²) in [5, 5.41) is 2.63. The lowest BCUT2D eigenvalue weighted by Gasteiger charge is -2.16. The van der Waals surface area contributed by atoms with Gasteiger partial charge < -0.3 is 10.1 Å². The van der Waals surface area contributed by atoms with Crippen molar-refractivity contribution >= 4 is 12.4 Å². The predicted molar refractivity (Wildman–Crippen MR) is 88.0 cm³/mol. The molecule has 117 valence electrons. The first kappa shape index (κ1) is 15.3. The average molecular weight is 308 g/mol. The highest BCUT2D eigenvalue weighted by Gasteiger charge is 2.29. The van der Waals surface area contributed by atoms with Gasteiger partial charge in [0.2, 0.25) is 0 Å². The smallest absolute Gasteiger partial charge is 0.407 e. The molecule has 0 fully saturated rings. The molecular weight excluding hydrogens is 290 g/mol. The van der Waals surface area contributed by atoms with Gasteiger partial charge in [0.1, 0.15) is 6.61 Å². The molecule has 4 nitrogen and oxygen atoms in total. The number of benzene rings is 2. The normalized spacial score (nSPS) is 13.8. The number of hydrogen-bond acceptors (Lipinski definition) is 3. The third kappa shape index (κ3) is 3.11. The van der Waals surface area contributed by atoms with Crippen LogP contribution in [-0.4, -0.2) is 25.0 Å². The number of alkyl carbamates (subject to hydrolysis) is 1. The number of nitrogens with one attached hydrogen (secondary N) is 1. The molecule has 1 atom stereocenters. The first-order valence-corrected chi connectivity index (χ1v) is 7.67. The lowest BCUT2D eigenvalue weighted by atomic mass is 9.98. The molecule has 0 bridgehead atoms. The Hall–Kier alpha value is -2.62. The quantitative estimate of drug-likeness (QED) is 0.921. The molecule has 0 saturated heterocycles. The summed E-state index contributed by atoms with van der Waals surface area (Å²) in [7, 11) is 0. The highest BCUT2D eigenvalue weighted by atomic mass is 16.5. The molecule has 4 heteroatoms. The van der Waals surface area contributed by atoms with Gasteiger partial charge in [-0.2, -0.15) is 0 Å². The predicted octanol–water partition coefficient (Wildman–Crippen LogP) is 3.41. The summed E-state index contributed by atoms with van der Waals surface area (Å²) in [5.41, 5.74) is 4.74. The third-order valence-electron chi connectivity index (χ3n) is 4.10. The Morgan fingerprint density at radius 3 is 2.26 bits per heavy atom. The van der Waals surface area contributed by atoms with E-state index in [1.165, 1.54) is 22.3 Å². The van der Waals surface area contributed by atoms with Crippen molar-refractivity contribution in [3.05, 3.63) is 59.7 Å². The molecule has 1 amide bonds. The van der Waals surface area contributed by atoms with Gasteiger partial charge in [-0.3, -0.25) is 4.79 Å². The molecular formula is C19H18NO3. The van der Waals surface area contributed by atoms with Crippen molar-refractivity contribution in [1.82, 2.24) is 5.32 Å². The van der Waals surface area contributed by atoms with Crippen LogP contribution in [0.15, 0.2) is 48.5 Å². The molecule has 3 rings (SSSR count). The van der Waals surface area contributed by atoms with Gasteiger partial charge in [-0.1, -0.05) is 48.5 Å². The van der Waals surface area contributed by atoms with E-state index in [0.717, 1.165) is 0 Å². The van der Waals surface area contributed by atoms with E-state index in [4.69, 9.17) is 4.74 Å². The number of amides is 1. The molecule has 0 aliphatic heterocycles. The summed E-state index contributed by atoms with van der Waals surface area (Å²) >= 11 is 0. The number of rotatable bonds is 5. The fourth-order valence-corrected chi connectivity index (χ4v) is 3.02. The Kier molecular flexibility index (Phi) is 4.42. The second kappa shape index (κ2) is 6.65. The van der Waals surface area contributed by atoms with Crippen LogP contribution in [0, 0.1) is 0 Å². The Morgan fingerprint density at radius 1 is 1.13 bits per heavy atom. The zero-order chi connectivity index (χ0) is 16.2. The number of fused-ring (bicyclic) bond motifs is 3. The Bertz CT molecular complexity index is 681. The highest BCUT2D eigenvalue weighted by molar-refractivity contribution is 5.79. The SMILES string of the molecule is C[C@H](C[C]=O)NC(=O)OCC1c2ccccc2-c2ccccc21. The van der Waals surface area contributed by atoms with Gasteiger partial charge in [0.05, 0.1) is 0 Å². The van der Waals surface area contributed by atoms with Crippen molar-refractivity contribution in [2.75, 3.05) is 6.61 Å². The van der Waals surface area contributed by atoms with Gasteiger partial charge in [0.25, 0.3) is 0 Å². The van der Waals surface area contributed by atoms with Crippen LogP contribution >= 0.6 is 0 Å². The Balaban J connectivity index is 1.73. The van der Waals surface area contributed by atoms with Gasteiger partial charge in [0.15, 0.2) is 6.29 Å². The molecule has 23 heavy (non-hydrogen) atoms. The van der Waals surface area contributed by atoms with Crippen molar-refractivity contribution in [2.45, 2.75) is 25.3 Å². The molecule has 1 radical (unpaired) electrons. The van der Waals surface area contributed by atoms with Crippen LogP contribution < -0.4 is 5.32 Å². The van der Waals surface area contributed by atoms with Gasteiger partial charge in [-0.05, 0) is 29.2 Å². The highest BCUT2D eigenvalue weighted by Crippen LogP contribution is 2.44. The van der Waals surface area contributed by atoms with Crippen LogP contribution in [-0.2, 0) is 9.53 Å². The number of carbonyl (C=O) groups is 1. The number of hydrogen-bond donors (Lipinski definition) is 1. The van der Waals surface area contributed by atoms with E-state index in [9.17, 15) is 9.59 Å². The monoisotopic (exact) mass is 308 g/mol. The average Bonchev–Trinajstić information content (AvgIpc) is 2.87. The molecule has 1 aliphatic carbocycles. The fraction of sp³-hybridized carbons (Fsp3) is 0.263. The maximum absolute atomic E-state index is 11.8. The van der Waals surface area contributed by atoms with Crippen LogP contribution in [0.2, 0.25) is 0 Å². The first-order valence-electron chi connectivity index (χ1n) is 7.67. The minimum atomic E-state index is -0.505. The summed E-state index contributed by atoms with van der Waals surface area (Å²) in [5.74, 6) is 0.0427. The van der Waals surface area contributed by atoms with Gasteiger partial charge >= 0.3 is 6.09 Å². The van der Waals surface area contributed by atoms with E-state index in [0.29, 0.717) is 0 Å². The van der Waals surface area contributed by atoms with E-state index in [1.807, 2.05) is 24.3 Å². The van der Waals surface area contributed by atoms with Gasteiger partial charge in [0, 0.05) is 18.4 Å². The fourth-order valence-electron chi connectivity index (χ4n) is 3.02. The zero-order valence-electron chi connectivity index (χ0n) is 12.9. The van der Waals surface area contributed by atoms with Crippen LogP contribution in [0.3, 0.4) is 0 Å². The first-order chi connectivity index (χ1) is 11.2. The molecule has 1 N–H and O–H groups in total. The third-order valence-corrected chi connectivity index (χ3v) is 4.10. The standard InChI is InChI=1S/C19H18NO3/c1-13(10-11-21)20-19(22)23-12-18-16-8-4-2-6-14(16)15-7-3-5-9-17(15)18/h2-9,13,18H,10,12H2,1H3,(H,20,22)/t13-/m1/s1. The number of ether oxygens (including phenoxy) is 1. The van der Waals surface area contributed by atoms with Crippen molar-refractivity contribution in [3.8, 4) is 11.1 Å². The zero-order valence-corrected chi connectivity index (χ0v) is 12.9. The van der Waals surface area contributed by atoms with Crippen molar-refractivity contribution in [3.63, 3.8) is 0 Å². The minimum absolute atomic E-state index is 0.0427. The summed E-state index contributed by atoms with van der Waals surface area (Å²) in [6.07, 6.45) is 1.43. The minimum Gasteiger partial charge on any atom is -0.449 e. The largest absolute Gasteiger partial charge is 0.449 e. The van der Waals surface area contributed by atoms with Crippen molar-refractivity contribution in [1.29, 1.82) is 0 Å². The van der Waals surface area contributed by atoms with E-state index in [1.54, 1.807) is 13.2 Å². The second-order valence-electron chi connectivity index (χ2n) is 5.72. The van der Waals surface area contributed by atoms with E-state index >= 15 is 0 Å². The van der Waals surface area contributed by atoms with Crippen molar-refractivity contribution in [2.24, 2.45) is 0 Å². The molecule has 0 saturated carbocycles. The summed E-state index contributed by atoms with van der Waals surface area (Å²) in [6, 6.07) is 16.1. The Morgan fingerprint density at radius 2 is 1.70 bits per heavy atom. The lowest BCUT2D eigenvalue weighted by Crippen LogP contribution is -2.34. The maximum Gasteiger partial charge on any atom is 0.407 e. The van der Waals surface area contributed by atoms with E-state index in [-0.39, 0.29) is 25.0 Å². The van der Waals surface area contributed by atoms with Crippen LogP contribution in [0.25, 0.3) is 11.1 Å². The molecule has 0 unspecified atom stereocenters. The molecule has 2 aromatic rings. The van der Waals surface area contributed by atoms with Crippen LogP contribution in [0.5, 0.6) is 0 Å². The molecule has 0 heterocycles. The maximum atomic E-state index is 11.8. The summed E-state index contributed by atoms with van der Waals surface area (Å²) in [6.45, 7) is 2.02. The summed E-state index contributed by atoms with van der Waals surface area (Å²) in [4.78, 5) is 22.2. The van der Waals surface area contributed by atoms with Crippen LogP contribution in [0.1, 0.15) is 30.4 Å².